The van der Waals surface area contributed by atoms with Gasteiger partial charge in [-0.15, -0.1) is 0 Å². The maximum atomic E-state index is 15.6. The zero-order valence-electron chi connectivity index (χ0n) is 22.0. The summed E-state index contributed by atoms with van der Waals surface area (Å²) in [5, 5.41) is 24.7. The number of carbonyl (C=O) groups is 6. The van der Waals surface area contributed by atoms with Crippen LogP contribution >= 0.6 is 0 Å². The van der Waals surface area contributed by atoms with Gasteiger partial charge in [0.15, 0.2) is 34.7 Å². The maximum absolute atomic E-state index is 15.6. The number of hydrogen-bond acceptors (Lipinski definition) is 10. The average Bonchev–Trinajstić information content (AvgIpc) is 2.81. The molecule has 12 nitrogen and oxygen atoms in total. The Morgan fingerprint density at radius 2 is 1.79 bits per heavy atom. The summed E-state index contributed by atoms with van der Waals surface area (Å²) in [6.45, 7) is -0.211. The van der Waals surface area contributed by atoms with Gasteiger partial charge < -0.3 is 26.2 Å². The molecule has 2 amide bonds. The monoisotopic (exact) mass is 546 g/mol. The number of nitrogens with two attached hydrogens (primary N) is 1. The Hall–Kier alpha value is -3.55. The number of nitrogens with one attached hydrogen (secondary N) is 1. The third kappa shape index (κ3) is 4.34. The summed E-state index contributed by atoms with van der Waals surface area (Å²) in [5.74, 6) is -13.4. The molecule has 0 heterocycles. The number of primary amides is 1. The molecule has 2 unspecified atom stereocenters. The van der Waals surface area contributed by atoms with Crippen LogP contribution in [0.1, 0.15) is 27.9 Å². The van der Waals surface area contributed by atoms with Crippen molar-refractivity contribution in [2.24, 2.45) is 29.4 Å². The summed E-state index contributed by atoms with van der Waals surface area (Å²) in [6, 6.07) is -0.258. The lowest BCUT2D eigenvalue weighted by molar-refractivity contribution is -0.181. The van der Waals surface area contributed by atoms with Crippen LogP contribution in [0.5, 0.6) is 5.75 Å². The first-order valence-corrected chi connectivity index (χ1v) is 12.4. The number of carbonyl (C=O) groups excluding carboxylic acids is 6. The molecular formula is C26H31FN4O8. The molecule has 3 aliphatic rings. The van der Waals surface area contributed by atoms with E-state index in [1.807, 2.05) is 0 Å². The predicted molar refractivity (Wildman–Crippen MR) is 132 cm³/mol. The molecule has 0 bridgehead atoms. The first-order chi connectivity index (χ1) is 18.1. The minimum Gasteiger partial charge on any atom is -0.507 e. The third-order valence-corrected chi connectivity index (χ3v) is 8.01. The summed E-state index contributed by atoms with van der Waals surface area (Å²) >= 11 is 0. The minimum atomic E-state index is -2.85. The summed E-state index contributed by atoms with van der Waals surface area (Å²) in [5.41, 5.74) is 1.78. The lowest BCUT2D eigenvalue weighted by atomic mass is 9.52. The molecule has 0 aromatic heterocycles. The number of phenols is 1. The van der Waals surface area contributed by atoms with Gasteiger partial charge >= 0.3 is 0 Å². The zero-order chi connectivity index (χ0) is 29.1. The van der Waals surface area contributed by atoms with Gasteiger partial charge in [0.1, 0.15) is 11.6 Å². The van der Waals surface area contributed by atoms with E-state index in [-0.39, 0.29) is 43.0 Å². The van der Waals surface area contributed by atoms with Crippen molar-refractivity contribution in [3.8, 4) is 5.75 Å². The van der Waals surface area contributed by atoms with E-state index in [1.54, 1.807) is 19.0 Å². The second-order valence-corrected chi connectivity index (χ2v) is 11.0. The topological polar surface area (TPSA) is 187 Å². The minimum absolute atomic E-state index is 0.0499. The van der Waals surface area contributed by atoms with Gasteiger partial charge in [0.25, 0.3) is 0 Å². The molecule has 39 heavy (non-hydrogen) atoms. The van der Waals surface area contributed by atoms with E-state index >= 15 is 4.39 Å². The van der Waals surface area contributed by atoms with Gasteiger partial charge in [-0.3, -0.25) is 33.7 Å². The quantitative estimate of drug-likeness (QED) is 0.296. The van der Waals surface area contributed by atoms with Crippen LogP contribution in [-0.4, -0.2) is 101 Å². The number of hydrogen-bond donors (Lipinski definition) is 4. The largest absolute Gasteiger partial charge is 0.507 e. The molecule has 2 fully saturated rings. The molecular weight excluding hydrogens is 515 g/mol. The molecule has 13 heteroatoms. The molecule has 3 aliphatic carbocycles. The van der Waals surface area contributed by atoms with Crippen molar-refractivity contribution >= 4 is 34.9 Å². The number of phenolic OH excluding ortho intramolecular Hbond substituents is 1. The highest BCUT2D eigenvalue weighted by atomic mass is 19.1. The Bertz CT molecular complexity index is 1310. The number of nitrogens with zero attached hydrogens (tertiary/aromatic N) is 2. The van der Waals surface area contributed by atoms with Gasteiger partial charge in [-0.25, -0.2) is 4.39 Å². The number of aromatic hydroxyl groups is 1. The molecule has 6 atom stereocenters. The normalized spacial score (nSPS) is 30.2. The molecule has 2 saturated carbocycles. The Morgan fingerprint density at radius 3 is 2.36 bits per heavy atom. The van der Waals surface area contributed by atoms with Crippen LogP contribution in [0.2, 0.25) is 0 Å². The van der Waals surface area contributed by atoms with Crippen LogP contribution < -0.4 is 11.1 Å². The van der Waals surface area contributed by atoms with E-state index < -0.39 is 81.5 Å². The summed E-state index contributed by atoms with van der Waals surface area (Å²) in [4.78, 5) is 80.6. The van der Waals surface area contributed by atoms with Crippen molar-refractivity contribution in [3.63, 3.8) is 0 Å². The van der Waals surface area contributed by atoms with Crippen molar-refractivity contribution in [1.29, 1.82) is 0 Å². The highest BCUT2D eigenvalue weighted by molar-refractivity contribution is 6.32. The molecule has 4 rings (SSSR count). The molecule has 210 valence electrons. The zero-order valence-corrected chi connectivity index (χ0v) is 22.0. The highest BCUT2D eigenvalue weighted by Crippen LogP contribution is 2.51. The van der Waals surface area contributed by atoms with E-state index in [1.165, 1.54) is 19.0 Å². The van der Waals surface area contributed by atoms with Gasteiger partial charge in [0.05, 0.1) is 24.1 Å². The van der Waals surface area contributed by atoms with Crippen molar-refractivity contribution in [1.82, 2.24) is 15.1 Å². The maximum Gasteiger partial charge on any atom is 0.235 e. The van der Waals surface area contributed by atoms with E-state index in [0.717, 1.165) is 6.07 Å². The van der Waals surface area contributed by atoms with Crippen LogP contribution in [0.4, 0.5) is 4.39 Å². The molecule has 0 radical (unpaired) electrons. The van der Waals surface area contributed by atoms with Crippen LogP contribution in [0, 0.1) is 29.5 Å². The lowest BCUT2D eigenvalue weighted by Crippen LogP contribution is -2.74. The molecule has 5 N–H and O–H groups in total. The summed E-state index contributed by atoms with van der Waals surface area (Å²) in [6.07, 6.45) is -0.390. The van der Waals surface area contributed by atoms with Crippen LogP contribution in [0.15, 0.2) is 6.07 Å². The predicted octanol–water partition coefficient (Wildman–Crippen LogP) is -1.82. The Kier molecular flexibility index (Phi) is 7.21. The number of amides is 2. The molecule has 0 saturated heterocycles. The van der Waals surface area contributed by atoms with Gasteiger partial charge in [-0.2, -0.15) is 0 Å². The van der Waals surface area contributed by atoms with E-state index in [0.29, 0.717) is 0 Å². The number of ketones is 4. The fourth-order valence-corrected chi connectivity index (χ4v) is 6.37. The molecule has 0 aliphatic heterocycles. The second-order valence-electron chi connectivity index (χ2n) is 11.0. The van der Waals surface area contributed by atoms with Gasteiger partial charge in [0, 0.05) is 23.6 Å². The standard InChI is InChI=1S/C26H31FN4O8/c1-30(2)9-15(33)29-8-11-7-14(32)17-12(19(11)27)5-10-6-13-20(31(3)4)22(35)18(25(28)38)24(37)26(13,39)23(36)16(10)21(17)34/h7,10,13,16,18,20,32,39H,5-6,8-9H2,1-4H3,(H2,28,38)(H,29,33)/t10-,13-,16?,18?,20-,26-/m0/s1. The number of Topliss-reactive ketones (excluding diaryl/α,β-unsaturated/α-hetero) is 4. The highest BCUT2D eigenvalue weighted by Gasteiger charge is 2.69. The first-order valence-electron chi connectivity index (χ1n) is 12.4. The number of halogens is 1. The van der Waals surface area contributed by atoms with Crippen molar-refractivity contribution in [2.45, 2.75) is 31.0 Å². The van der Waals surface area contributed by atoms with Gasteiger partial charge in [0.2, 0.25) is 11.8 Å². The molecule has 1 aromatic carbocycles. The van der Waals surface area contributed by atoms with Gasteiger partial charge in [-0.05, 0) is 53.0 Å². The lowest BCUT2D eigenvalue weighted by Gasteiger charge is -2.52. The summed E-state index contributed by atoms with van der Waals surface area (Å²) < 4.78 is 15.6. The number of fused-ring (bicyclic) bond motifs is 3. The fraction of sp³-hybridized carbons (Fsp3) is 0.538. The Labute approximate surface area is 223 Å². The van der Waals surface area contributed by atoms with Crippen LogP contribution in [0.25, 0.3) is 0 Å². The van der Waals surface area contributed by atoms with Crippen LogP contribution in [-0.2, 0) is 36.9 Å². The second kappa shape index (κ2) is 9.88. The van der Waals surface area contributed by atoms with E-state index in [9.17, 15) is 39.0 Å². The number of benzene rings is 1. The summed E-state index contributed by atoms with van der Waals surface area (Å²) in [7, 11) is 6.32. The van der Waals surface area contributed by atoms with Crippen LogP contribution in [0.3, 0.4) is 0 Å². The number of aliphatic hydroxyl groups is 1. The first kappa shape index (κ1) is 28.5. The number of likely N-dealkylation sites (N-methyl/N-ethyl adjacent to an activating group) is 2. The van der Waals surface area contributed by atoms with Crippen molar-refractivity contribution in [3.05, 3.63) is 28.6 Å². The fourth-order valence-electron chi connectivity index (χ4n) is 6.37. The SMILES string of the molecule is CN(C)CC(=O)NCc1cc(O)c2c(c1F)C[C@H]1C[C@H]3[C@H](N(C)C)C(=O)C(C(N)=O)C(=O)[C@@]3(O)C(=O)C1C2=O. The van der Waals surface area contributed by atoms with Crippen molar-refractivity contribution < 1.29 is 43.4 Å². The smallest absolute Gasteiger partial charge is 0.235 e. The van der Waals surface area contributed by atoms with E-state index in [2.05, 4.69) is 5.32 Å². The number of rotatable bonds is 6. The van der Waals surface area contributed by atoms with Gasteiger partial charge in [-0.1, -0.05) is 0 Å². The Morgan fingerprint density at radius 1 is 1.15 bits per heavy atom. The Balaban J connectivity index is 1.75. The van der Waals surface area contributed by atoms with Crippen molar-refractivity contribution in [2.75, 3.05) is 34.7 Å². The molecule has 1 aromatic rings. The average molecular weight is 547 g/mol. The third-order valence-electron chi connectivity index (χ3n) is 8.01. The van der Waals surface area contributed by atoms with E-state index in [4.69, 9.17) is 5.73 Å². The molecule has 0 spiro atoms.